The fraction of sp³-hybridized carbons (Fsp3) is 0.611. The van der Waals surface area contributed by atoms with Gasteiger partial charge in [0.2, 0.25) is 0 Å². The standard InChI is InChI=1S/C18H26FN3O2/c19-14-5-1-12(2-6-14)9-13-3-7-15(8-4-13)21-16-10-24-11-17(16)22-18(20)23/h1-2,5-6,13,15-17,21H,3-4,7-11H2,(H3,20,22,23)/t13?,15?,16-,17-/m1/s1. The molecule has 6 heteroatoms. The minimum atomic E-state index is -0.500. The average Bonchev–Trinajstić information content (AvgIpc) is 2.98. The monoisotopic (exact) mass is 335 g/mol. The van der Waals surface area contributed by atoms with Crippen molar-refractivity contribution in [1.82, 2.24) is 10.6 Å². The summed E-state index contributed by atoms with van der Waals surface area (Å²) < 4.78 is 18.4. The summed E-state index contributed by atoms with van der Waals surface area (Å²) in [4.78, 5) is 11.0. The van der Waals surface area contributed by atoms with Gasteiger partial charge in [0.1, 0.15) is 5.82 Å². The molecule has 1 aliphatic carbocycles. The maximum Gasteiger partial charge on any atom is 0.312 e. The molecule has 1 saturated heterocycles. The Labute approximate surface area is 142 Å². The number of primary amides is 1. The first-order valence-electron chi connectivity index (χ1n) is 8.74. The number of hydrogen-bond acceptors (Lipinski definition) is 3. The second-order valence-corrected chi connectivity index (χ2v) is 6.97. The zero-order valence-corrected chi connectivity index (χ0v) is 13.8. The van der Waals surface area contributed by atoms with E-state index in [2.05, 4.69) is 10.6 Å². The normalized spacial score (nSPS) is 30.2. The van der Waals surface area contributed by atoms with Gasteiger partial charge in [-0.25, -0.2) is 9.18 Å². The van der Waals surface area contributed by atoms with Crippen LogP contribution in [0.2, 0.25) is 0 Å². The van der Waals surface area contributed by atoms with Crippen LogP contribution in [-0.4, -0.2) is 37.4 Å². The Hall–Kier alpha value is -1.66. The minimum Gasteiger partial charge on any atom is -0.378 e. The number of carbonyl (C=O) groups excluding carboxylic acids is 1. The summed E-state index contributed by atoms with van der Waals surface area (Å²) in [6.07, 6.45) is 5.58. The van der Waals surface area contributed by atoms with E-state index in [0.717, 1.165) is 32.1 Å². The third kappa shape index (κ3) is 4.68. The van der Waals surface area contributed by atoms with Gasteiger partial charge in [0.25, 0.3) is 0 Å². The van der Waals surface area contributed by atoms with Gasteiger partial charge in [-0.05, 0) is 55.7 Å². The van der Waals surface area contributed by atoms with E-state index in [1.54, 1.807) is 0 Å². The third-order valence-corrected chi connectivity index (χ3v) is 5.14. The van der Waals surface area contributed by atoms with Gasteiger partial charge in [-0.1, -0.05) is 12.1 Å². The van der Waals surface area contributed by atoms with Crippen molar-refractivity contribution in [1.29, 1.82) is 0 Å². The molecule has 2 aliphatic rings. The number of benzene rings is 1. The molecule has 2 amide bonds. The Morgan fingerprint density at radius 1 is 1.12 bits per heavy atom. The van der Waals surface area contributed by atoms with E-state index < -0.39 is 6.03 Å². The molecule has 2 atom stereocenters. The number of carbonyl (C=O) groups is 1. The number of halogens is 1. The summed E-state index contributed by atoms with van der Waals surface area (Å²) in [5.74, 6) is 0.484. The molecule has 2 fully saturated rings. The number of urea groups is 1. The zero-order valence-electron chi connectivity index (χ0n) is 13.8. The van der Waals surface area contributed by atoms with Crippen molar-refractivity contribution in [2.24, 2.45) is 11.7 Å². The maximum absolute atomic E-state index is 13.0. The molecule has 4 N–H and O–H groups in total. The summed E-state index contributed by atoms with van der Waals surface area (Å²) in [6, 6.07) is 6.89. The lowest BCUT2D eigenvalue weighted by Crippen LogP contribution is -2.53. The molecule has 0 unspecified atom stereocenters. The summed E-state index contributed by atoms with van der Waals surface area (Å²) >= 11 is 0. The smallest absolute Gasteiger partial charge is 0.312 e. The van der Waals surface area contributed by atoms with Gasteiger partial charge >= 0.3 is 6.03 Å². The van der Waals surface area contributed by atoms with Crippen LogP contribution in [-0.2, 0) is 11.2 Å². The molecule has 1 aromatic rings. The lowest BCUT2D eigenvalue weighted by molar-refractivity contribution is 0.181. The highest BCUT2D eigenvalue weighted by atomic mass is 19.1. The van der Waals surface area contributed by atoms with E-state index in [9.17, 15) is 9.18 Å². The van der Waals surface area contributed by atoms with Crippen LogP contribution >= 0.6 is 0 Å². The Balaban J connectivity index is 1.43. The van der Waals surface area contributed by atoms with Crippen LogP contribution < -0.4 is 16.4 Å². The molecular formula is C18H26FN3O2. The van der Waals surface area contributed by atoms with Crippen molar-refractivity contribution in [3.63, 3.8) is 0 Å². The summed E-state index contributed by atoms with van der Waals surface area (Å²) in [5, 5.41) is 6.37. The topological polar surface area (TPSA) is 76.4 Å². The first-order chi connectivity index (χ1) is 11.6. The molecule has 0 aromatic heterocycles. The van der Waals surface area contributed by atoms with E-state index in [0.29, 0.717) is 25.2 Å². The number of hydrogen-bond donors (Lipinski definition) is 3. The van der Waals surface area contributed by atoms with Crippen molar-refractivity contribution in [2.75, 3.05) is 13.2 Å². The van der Waals surface area contributed by atoms with E-state index in [-0.39, 0.29) is 17.9 Å². The number of nitrogens with two attached hydrogens (primary N) is 1. The Morgan fingerprint density at radius 3 is 2.46 bits per heavy atom. The van der Waals surface area contributed by atoms with Crippen LogP contribution in [0.3, 0.4) is 0 Å². The van der Waals surface area contributed by atoms with Crippen LogP contribution in [0.5, 0.6) is 0 Å². The van der Waals surface area contributed by atoms with E-state index in [1.165, 1.54) is 17.7 Å². The Morgan fingerprint density at radius 2 is 1.79 bits per heavy atom. The van der Waals surface area contributed by atoms with Crippen molar-refractivity contribution in [3.8, 4) is 0 Å². The van der Waals surface area contributed by atoms with Crippen molar-refractivity contribution >= 4 is 6.03 Å². The highest BCUT2D eigenvalue weighted by Gasteiger charge is 2.32. The molecule has 1 aliphatic heterocycles. The first kappa shape index (κ1) is 17.2. The average molecular weight is 335 g/mol. The van der Waals surface area contributed by atoms with Gasteiger partial charge < -0.3 is 21.1 Å². The molecule has 1 aromatic carbocycles. The molecule has 0 radical (unpaired) electrons. The molecule has 132 valence electrons. The fourth-order valence-electron chi connectivity index (χ4n) is 3.83. The minimum absolute atomic E-state index is 0.0422. The zero-order chi connectivity index (χ0) is 16.9. The van der Waals surface area contributed by atoms with Crippen LogP contribution in [0, 0.1) is 11.7 Å². The number of nitrogens with one attached hydrogen (secondary N) is 2. The molecule has 3 rings (SSSR count). The quantitative estimate of drug-likeness (QED) is 0.770. The van der Waals surface area contributed by atoms with Crippen molar-refractivity contribution < 1.29 is 13.9 Å². The predicted octanol–water partition coefficient (Wildman–Crippen LogP) is 1.95. The molecule has 0 spiro atoms. The Kier molecular flexibility index (Phi) is 5.68. The number of ether oxygens (including phenoxy) is 1. The first-order valence-corrected chi connectivity index (χ1v) is 8.74. The highest BCUT2D eigenvalue weighted by Crippen LogP contribution is 2.28. The van der Waals surface area contributed by atoms with E-state index in [1.807, 2.05) is 12.1 Å². The van der Waals surface area contributed by atoms with Crippen molar-refractivity contribution in [2.45, 2.75) is 50.2 Å². The van der Waals surface area contributed by atoms with Gasteiger partial charge in [0, 0.05) is 6.04 Å². The fourth-order valence-corrected chi connectivity index (χ4v) is 3.83. The van der Waals surface area contributed by atoms with Gasteiger partial charge in [0.05, 0.1) is 25.3 Å². The number of amides is 2. The summed E-state index contributed by atoms with van der Waals surface area (Å²) in [7, 11) is 0. The second-order valence-electron chi connectivity index (χ2n) is 6.97. The Bertz CT molecular complexity index is 544. The van der Waals surface area contributed by atoms with Gasteiger partial charge in [-0.2, -0.15) is 0 Å². The highest BCUT2D eigenvalue weighted by molar-refractivity contribution is 5.72. The van der Waals surface area contributed by atoms with Crippen LogP contribution in [0.4, 0.5) is 9.18 Å². The molecule has 1 saturated carbocycles. The lowest BCUT2D eigenvalue weighted by atomic mass is 9.82. The molecule has 5 nitrogen and oxygen atoms in total. The van der Waals surface area contributed by atoms with Crippen molar-refractivity contribution in [3.05, 3.63) is 35.6 Å². The van der Waals surface area contributed by atoms with E-state index in [4.69, 9.17) is 10.5 Å². The van der Waals surface area contributed by atoms with Crippen LogP contribution in [0.15, 0.2) is 24.3 Å². The summed E-state index contributed by atoms with van der Waals surface area (Å²) in [5.41, 5.74) is 6.42. The van der Waals surface area contributed by atoms with Crippen LogP contribution in [0.1, 0.15) is 31.2 Å². The number of rotatable bonds is 5. The third-order valence-electron chi connectivity index (χ3n) is 5.14. The SMILES string of the molecule is NC(=O)N[C@@H]1COC[C@H]1NC1CCC(Cc2ccc(F)cc2)CC1. The summed E-state index contributed by atoms with van der Waals surface area (Å²) in [6.45, 7) is 1.13. The largest absolute Gasteiger partial charge is 0.378 e. The maximum atomic E-state index is 13.0. The second kappa shape index (κ2) is 7.94. The molecule has 0 bridgehead atoms. The predicted molar refractivity (Wildman–Crippen MR) is 90.1 cm³/mol. The molecular weight excluding hydrogens is 309 g/mol. The lowest BCUT2D eigenvalue weighted by Gasteiger charge is -2.32. The molecule has 24 heavy (non-hydrogen) atoms. The van der Waals surface area contributed by atoms with Gasteiger partial charge in [-0.15, -0.1) is 0 Å². The van der Waals surface area contributed by atoms with E-state index >= 15 is 0 Å². The molecule has 1 heterocycles. The van der Waals surface area contributed by atoms with Gasteiger partial charge in [-0.3, -0.25) is 0 Å². The van der Waals surface area contributed by atoms with Crippen LogP contribution in [0.25, 0.3) is 0 Å². The van der Waals surface area contributed by atoms with Gasteiger partial charge in [0.15, 0.2) is 0 Å².